The molecular weight excluding hydrogens is 204 g/mol. The average Bonchev–Trinajstić information content (AvgIpc) is 2.64. The fourth-order valence-corrected chi connectivity index (χ4v) is 1.88. The van der Waals surface area contributed by atoms with E-state index in [2.05, 4.69) is 20.2 Å². The third kappa shape index (κ3) is 3.86. The molecule has 0 fully saturated rings. The lowest BCUT2D eigenvalue weighted by atomic mass is 10.4. The van der Waals surface area contributed by atoms with E-state index in [1.54, 1.807) is 19.4 Å². The second-order valence-corrected chi connectivity index (χ2v) is 4.78. The zero-order valence-corrected chi connectivity index (χ0v) is 8.76. The molecule has 0 saturated heterocycles. The van der Waals surface area contributed by atoms with Crippen LogP contribution in [0.2, 0.25) is 0 Å². The first-order valence-electron chi connectivity index (χ1n) is 4.23. The summed E-state index contributed by atoms with van der Waals surface area (Å²) >= 11 is 0. The van der Waals surface area contributed by atoms with E-state index in [1.807, 2.05) is 0 Å². The topological polar surface area (TPSA) is 86.9 Å². The number of aromatic amines is 1. The van der Waals surface area contributed by atoms with Crippen LogP contribution in [0.25, 0.3) is 0 Å². The highest BCUT2D eigenvalue weighted by Crippen LogP contribution is 1.94. The quantitative estimate of drug-likeness (QED) is 0.574. The van der Waals surface area contributed by atoms with Crippen molar-refractivity contribution in [1.82, 2.24) is 20.2 Å². The Balaban J connectivity index is 2.37. The van der Waals surface area contributed by atoms with Gasteiger partial charge in [0.25, 0.3) is 0 Å². The lowest BCUT2D eigenvalue weighted by Crippen LogP contribution is -2.30. The zero-order valence-electron chi connectivity index (χ0n) is 7.95. The van der Waals surface area contributed by atoms with E-state index in [1.165, 1.54) is 0 Å². The van der Waals surface area contributed by atoms with Crippen LogP contribution in [0, 0.1) is 0 Å². The van der Waals surface area contributed by atoms with Crippen molar-refractivity contribution >= 4 is 10.0 Å². The molecule has 1 rings (SSSR count). The SMILES string of the molecule is CNCCS(=O)(=O)NCc1cn[nH]c1. The standard InChI is InChI=1S/C7H14N4O2S/c1-8-2-3-14(12,13)11-6-7-4-9-10-5-7/h4-5,8,11H,2-3,6H2,1H3,(H,9,10). The average molecular weight is 218 g/mol. The molecule has 1 heterocycles. The lowest BCUT2D eigenvalue weighted by Gasteiger charge is -2.04. The maximum Gasteiger partial charge on any atom is 0.213 e. The maximum absolute atomic E-state index is 11.3. The molecule has 1 aromatic rings. The van der Waals surface area contributed by atoms with Gasteiger partial charge in [-0.3, -0.25) is 5.10 Å². The number of hydrogen-bond donors (Lipinski definition) is 3. The molecule has 0 spiro atoms. The first-order chi connectivity index (χ1) is 6.64. The van der Waals surface area contributed by atoms with E-state index >= 15 is 0 Å². The second-order valence-electron chi connectivity index (χ2n) is 2.85. The van der Waals surface area contributed by atoms with Gasteiger partial charge in [-0.1, -0.05) is 0 Å². The van der Waals surface area contributed by atoms with Crippen LogP contribution >= 0.6 is 0 Å². The molecule has 1 aromatic heterocycles. The Morgan fingerprint density at radius 2 is 2.36 bits per heavy atom. The zero-order chi connectivity index (χ0) is 10.4. The molecule has 7 heteroatoms. The molecule has 0 aliphatic carbocycles. The van der Waals surface area contributed by atoms with E-state index in [4.69, 9.17) is 0 Å². The molecule has 0 aliphatic rings. The Labute approximate surface area is 83.1 Å². The molecule has 3 N–H and O–H groups in total. The Morgan fingerprint density at radius 3 is 2.93 bits per heavy atom. The van der Waals surface area contributed by atoms with Gasteiger partial charge < -0.3 is 5.32 Å². The summed E-state index contributed by atoms with van der Waals surface area (Å²) in [7, 11) is -1.46. The second kappa shape index (κ2) is 5.08. The summed E-state index contributed by atoms with van der Waals surface area (Å²) in [4.78, 5) is 0. The molecule has 0 amide bonds. The lowest BCUT2D eigenvalue weighted by molar-refractivity contribution is 0.579. The van der Waals surface area contributed by atoms with Gasteiger partial charge in [0.1, 0.15) is 0 Å². The predicted molar refractivity (Wildman–Crippen MR) is 53.1 cm³/mol. The molecule has 6 nitrogen and oxygen atoms in total. The van der Waals surface area contributed by atoms with Gasteiger partial charge >= 0.3 is 0 Å². The van der Waals surface area contributed by atoms with Crippen molar-refractivity contribution in [2.75, 3.05) is 19.3 Å². The van der Waals surface area contributed by atoms with E-state index in [-0.39, 0.29) is 12.3 Å². The van der Waals surface area contributed by atoms with Crippen LogP contribution in [-0.4, -0.2) is 38.0 Å². The molecule has 0 aliphatic heterocycles. The summed E-state index contributed by atoms with van der Waals surface area (Å²) in [6.07, 6.45) is 3.24. The summed E-state index contributed by atoms with van der Waals surface area (Å²) < 4.78 is 25.1. The van der Waals surface area contributed by atoms with Crippen molar-refractivity contribution in [3.8, 4) is 0 Å². The minimum absolute atomic E-state index is 0.0847. The number of hydrogen-bond acceptors (Lipinski definition) is 4. The number of nitrogens with one attached hydrogen (secondary N) is 3. The summed E-state index contributed by atoms with van der Waals surface area (Å²) in [5.74, 6) is 0.0847. The van der Waals surface area contributed by atoms with Gasteiger partial charge in [-0.05, 0) is 7.05 Å². The fraction of sp³-hybridized carbons (Fsp3) is 0.571. The molecule has 0 unspecified atom stereocenters. The van der Waals surface area contributed by atoms with E-state index in [0.717, 1.165) is 5.56 Å². The van der Waals surface area contributed by atoms with E-state index in [9.17, 15) is 8.42 Å². The van der Waals surface area contributed by atoms with Crippen LogP contribution in [0.3, 0.4) is 0 Å². The fourth-order valence-electron chi connectivity index (χ4n) is 0.876. The summed E-state index contributed by atoms with van der Waals surface area (Å²) in [6, 6.07) is 0. The molecule has 0 bridgehead atoms. The van der Waals surface area contributed by atoms with Crippen molar-refractivity contribution in [2.45, 2.75) is 6.54 Å². The van der Waals surface area contributed by atoms with Gasteiger partial charge in [-0.25, -0.2) is 13.1 Å². The Hall–Kier alpha value is -0.920. The monoisotopic (exact) mass is 218 g/mol. The van der Waals surface area contributed by atoms with Crippen molar-refractivity contribution in [3.63, 3.8) is 0 Å². The number of nitrogens with zero attached hydrogens (tertiary/aromatic N) is 1. The number of aromatic nitrogens is 2. The molecule has 14 heavy (non-hydrogen) atoms. The van der Waals surface area contributed by atoms with Crippen molar-refractivity contribution < 1.29 is 8.42 Å². The third-order valence-corrected chi connectivity index (χ3v) is 3.00. The normalized spacial score (nSPS) is 11.8. The van der Waals surface area contributed by atoms with Crippen LogP contribution < -0.4 is 10.0 Å². The van der Waals surface area contributed by atoms with Gasteiger partial charge in [0.2, 0.25) is 10.0 Å². The number of H-pyrrole nitrogens is 1. The van der Waals surface area contributed by atoms with Crippen LogP contribution in [0.1, 0.15) is 5.56 Å². The molecule has 0 aromatic carbocycles. The molecule has 0 saturated carbocycles. The van der Waals surface area contributed by atoms with Crippen LogP contribution in [-0.2, 0) is 16.6 Å². The smallest absolute Gasteiger partial charge is 0.213 e. The molecule has 0 atom stereocenters. The maximum atomic E-state index is 11.3. The van der Waals surface area contributed by atoms with Crippen molar-refractivity contribution in [1.29, 1.82) is 0 Å². The van der Waals surface area contributed by atoms with Crippen LogP contribution in [0.5, 0.6) is 0 Å². The molecule has 80 valence electrons. The Bertz CT molecular complexity index is 346. The first-order valence-corrected chi connectivity index (χ1v) is 5.89. The largest absolute Gasteiger partial charge is 0.319 e. The number of rotatable bonds is 6. The highest BCUT2D eigenvalue weighted by molar-refractivity contribution is 7.89. The van der Waals surface area contributed by atoms with Crippen molar-refractivity contribution in [2.24, 2.45) is 0 Å². The van der Waals surface area contributed by atoms with Gasteiger partial charge in [0, 0.05) is 24.8 Å². The molecule has 0 radical (unpaired) electrons. The Morgan fingerprint density at radius 1 is 1.57 bits per heavy atom. The van der Waals surface area contributed by atoms with E-state index < -0.39 is 10.0 Å². The summed E-state index contributed by atoms with van der Waals surface area (Å²) in [5.41, 5.74) is 0.818. The third-order valence-electron chi connectivity index (χ3n) is 1.67. The highest BCUT2D eigenvalue weighted by Gasteiger charge is 2.08. The number of sulfonamides is 1. The highest BCUT2D eigenvalue weighted by atomic mass is 32.2. The minimum atomic E-state index is -3.17. The van der Waals surface area contributed by atoms with Crippen molar-refractivity contribution in [3.05, 3.63) is 18.0 Å². The van der Waals surface area contributed by atoms with Gasteiger partial charge in [0.05, 0.1) is 11.9 Å². The summed E-state index contributed by atoms with van der Waals surface area (Å²) in [5, 5.41) is 9.10. The summed E-state index contributed by atoms with van der Waals surface area (Å²) in [6.45, 7) is 0.725. The first kappa shape index (κ1) is 11.2. The van der Waals surface area contributed by atoms with Crippen LogP contribution in [0.4, 0.5) is 0 Å². The minimum Gasteiger partial charge on any atom is -0.319 e. The Kier molecular flexibility index (Phi) is 4.05. The van der Waals surface area contributed by atoms with Crippen LogP contribution in [0.15, 0.2) is 12.4 Å². The van der Waals surface area contributed by atoms with E-state index in [0.29, 0.717) is 6.54 Å². The van der Waals surface area contributed by atoms with Gasteiger partial charge in [-0.2, -0.15) is 5.10 Å². The van der Waals surface area contributed by atoms with Gasteiger partial charge in [-0.15, -0.1) is 0 Å². The van der Waals surface area contributed by atoms with Gasteiger partial charge in [0.15, 0.2) is 0 Å². The predicted octanol–water partition coefficient (Wildman–Crippen LogP) is -0.951. The molecular formula is C7H14N4O2S.